The Balaban J connectivity index is 1.35. The Morgan fingerprint density at radius 2 is 1.24 bits per heavy atom. The van der Waals surface area contributed by atoms with Crippen LogP contribution in [0.2, 0.25) is 0 Å². The second kappa shape index (κ2) is 49.8. The van der Waals surface area contributed by atoms with Crippen LogP contribution in [-0.4, -0.2) is 256 Å². The molecule has 0 spiro atoms. The molecule has 116 heavy (non-hydrogen) atoms. The van der Waals surface area contributed by atoms with Gasteiger partial charge in [-0.25, -0.2) is 39.2 Å². The topological polar surface area (TPSA) is 610 Å². The van der Waals surface area contributed by atoms with Crippen LogP contribution in [0.5, 0.6) is 5.75 Å². The van der Waals surface area contributed by atoms with Crippen LogP contribution in [0.1, 0.15) is 158 Å². The second-order valence-electron chi connectivity index (χ2n) is 27.8. The van der Waals surface area contributed by atoms with E-state index in [0.29, 0.717) is 30.4 Å². The molecular formula is C73H103N13O27S3. The van der Waals surface area contributed by atoms with E-state index in [2.05, 4.69) is 37.1 Å². The van der Waals surface area contributed by atoms with E-state index in [0.717, 1.165) is 52.3 Å². The van der Waals surface area contributed by atoms with Gasteiger partial charge < -0.3 is 97.8 Å². The normalized spacial score (nSPS) is 15.8. The number of amides is 11. The van der Waals surface area contributed by atoms with Gasteiger partial charge in [0, 0.05) is 67.0 Å². The molecule has 18 N–H and O–H groups in total. The number of esters is 1. The van der Waals surface area contributed by atoms with Gasteiger partial charge in [-0.2, -0.15) is 0 Å². The summed E-state index contributed by atoms with van der Waals surface area (Å²) in [4.78, 5) is 227. The number of likely N-dealkylation sites (tertiary alicyclic amines) is 1. The monoisotopic (exact) mass is 1690 g/mol. The highest BCUT2D eigenvalue weighted by Gasteiger charge is 2.41. The van der Waals surface area contributed by atoms with Crippen molar-refractivity contribution < 1.29 is 132 Å². The van der Waals surface area contributed by atoms with Crippen LogP contribution >= 0.6 is 32.9 Å². The van der Waals surface area contributed by atoms with Crippen molar-refractivity contribution in [2.75, 3.05) is 38.4 Å². The summed E-state index contributed by atoms with van der Waals surface area (Å²) in [6.45, 7) is 10.7. The number of phenolic OH excluding ortho intramolecular Hbond substituents is 1. The van der Waals surface area contributed by atoms with E-state index >= 15 is 0 Å². The number of benzene rings is 2. The number of thiazole rings is 1. The predicted octanol–water partition coefficient (Wildman–Crippen LogP) is 1.62. The van der Waals surface area contributed by atoms with E-state index in [1.54, 1.807) is 42.6 Å². The van der Waals surface area contributed by atoms with Gasteiger partial charge in [-0.15, -0.1) is 11.3 Å². The van der Waals surface area contributed by atoms with Gasteiger partial charge in [-0.3, -0.25) is 63.1 Å². The molecule has 13 atom stereocenters. The number of hydrazine groups is 1. The highest BCUT2D eigenvalue weighted by molar-refractivity contribution is 8.76. The number of carboxylic acids is 6. The molecule has 1 aliphatic heterocycles. The second-order valence-corrected chi connectivity index (χ2v) is 31.3. The number of phenols is 1. The fraction of sp³-hybridized carbons (Fsp3) is 0.562. The standard InChI is InChI=1S/C73H103N13O27S3/c1-8-15-57(94)113-37-86(67(101)58(39(5)9-2)82-64(99)51-18-13-14-27-85(51)7)52(38(3)4)34-53(88)66-78-49(35-114-66)63(98)74-43(31-42-19-21-44(87)22-20-42)30-40(6)60(95)83-84-73(111)112-28-29-115-116-36-50(70(106)107)77-61(96)47(32-41-16-11-10-12-17-41)75-62(97)48(33-56(92)93)76-65(100)59(71(108)109)81-54(89)25-23-45(68(102)103)79-72(110)80-46(69(104)105)24-26-55(90)91/h10-12,16-17,19-22,35,38-40,43,45-48,50-53,58-59,87-88H,8-9,13-15,18,23-34,36-37H2,1-7H3,(H,74,98)(H,75,97)(H,76,100)(H,77,96)(H,81,89)(H,82,99)(H,83,95)(H,84,111)(H,90,91)(H,92,93)(H,102,103)(H,104,105)(H,106,107)(H,108,109)(H2,79,80,110)/t39?,40-,43+,45+,46+,47-,48-,50-,51+,52+,53+,58-,59-/m0/s1. The Bertz CT molecular complexity index is 3880. The minimum absolute atomic E-state index is 0.00660. The third-order valence-corrected chi connectivity index (χ3v) is 21.7. The number of carbonyl (C=O) groups is 17. The van der Waals surface area contributed by atoms with E-state index in [1.807, 2.05) is 55.6 Å². The Hall–Kier alpha value is -10.9. The SMILES string of the molecule is CCCC(=O)OCN(C(=O)[C@@H](NC(=O)[C@H]1CCCCN1C)C(C)CC)[C@H](C[C@@H](O)c1nc(C(=O)N[C@@H](Cc2ccc(O)cc2)C[C@H](C)C(=O)NNC(=O)OCCSSC[C@H](NC(=O)[C@H](Cc2ccccc2)NC(=O)[C@H](CC(=O)O)NC(=O)[C@H](NC(=O)CC[C@@H](NC(=O)N[C@H](CCC(=O)O)C(=O)O)C(=O)O)C(=O)O)C(=O)O)cs1)C(C)C. The van der Waals surface area contributed by atoms with Crippen molar-refractivity contribution in [2.45, 2.75) is 204 Å². The van der Waals surface area contributed by atoms with Gasteiger partial charge in [0.25, 0.3) is 11.8 Å². The van der Waals surface area contributed by atoms with Crippen LogP contribution in [0.4, 0.5) is 9.59 Å². The van der Waals surface area contributed by atoms with Crippen molar-refractivity contribution in [3.8, 4) is 5.75 Å². The lowest BCUT2D eigenvalue weighted by molar-refractivity contribution is -0.160. The highest BCUT2D eigenvalue weighted by atomic mass is 33.1. The van der Waals surface area contributed by atoms with E-state index in [4.69, 9.17) is 14.6 Å². The van der Waals surface area contributed by atoms with Crippen molar-refractivity contribution in [2.24, 2.45) is 17.8 Å². The fourth-order valence-electron chi connectivity index (χ4n) is 11.7. The summed E-state index contributed by atoms with van der Waals surface area (Å²) in [6.07, 6.45) is -3.64. The average Bonchev–Trinajstić information content (AvgIpc) is 1.46. The third-order valence-electron chi connectivity index (χ3n) is 18.3. The van der Waals surface area contributed by atoms with E-state index in [9.17, 15) is 117 Å². The molecule has 1 fully saturated rings. The molecule has 4 rings (SSSR count). The average molecular weight is 1690 g/mol. The molecule has 40 nitrogen and oxygen atoms in total. The summed E-state index contributed by atoms with van der Waals surface area (Å²) in [5.41, 5.74) is 5.33. The zero-order valence-electron chi connectivity index (χ0n) is 64.9. The summed E-state index contributed by atoms with van der Waals surface area (Å²) in [6, 6.07) is -2.51. The maximum absolute atomic E-state index is 14.8. The van der Waals surface area contributed by atoms with Crippen molar-refractivity contribution in [3.63, 3.8) is 0 Å². The summed E-state index contributed by atoms with van der Waals surface area (Å²) in [5, 5.41) is 98.8. The van der Waals surface area contributed by atoms with Gasteiger partial charge in [0.2, 0.25) is 41.5 Å². The van der Waals surface area contributed by atoms with Crippen LogP contribution in [0, 0.1) is 17.8 Å². The maximum Gasteiger partial charge on any atom is 0.426 e. The Labute approximate surface area is 679 Å². The molecule has 0 bridgehead atoms. The number of piperidine rings is 1. The largest absolute Gasteiger partial charge is 0.508 e. The number of aliphatic carboxylic acids is 6. The molecule has 2 aromatic carbocycles. The lowest BCUT2D eigenvalue weighted by Gasteiger charge is -2.39. The lowest BCUT2D eigenvalue weighted by Crippen LogP contribution is -2.59. The van der Waals surface area contributed by atoms with Crippen LogP contribution in [-0.2, 0) is 89.4 Å². The van der Waals surface area contributed by atoms with Crippen LogP contribution in [0.25, 0.3) is 0 Å². The van der Waals surface area contributed by atoms with Gasteiger partial charge in [0.15, 0.2) is 6.73 Å². The highest BCUT2D eigenvalue weighted by Crippen LogP contribution is 2.30. The Morgan fingerprint density at radius 1 is 0.629 bits per heavy atom. The number of ether oxygens (including phenoxy) is 2. The van der Waals surface area contributed by atoms with Crippen molar-refractivity contribution in [1.29, 1.82) is 0 Å². The molecule has 3 aromatic rings. The molecule has 1 aliphatic rings. The molecule has 11 amide bonds. The Morgan fingerprint density at radius 3 is 1.83 bits per heavy atom. The van der Waals surface area contributed by atoms with Crippen molar-refractivity contribution in [3.05, 3.63) is 81.8 Å². The molecule has 0 radical (unpaired) electrons. The number of hydrogen-bond acceptors (Lipinski definition) is 26. The fourth-order valence-corrected chi connectivity index (χ4v) is 14.5. The molecule has 0 saturated carbocycles. The van der Waals surface area contributed by atoms with Gasteiger partial charge >= 0.3 is 53.9 Å². The number of aromatic nitrogens is 1. The minimum Gasteiger partial charge on any atom is -0.508 e. The lowest BCUT2D eigenvalue weighted by atomic mass is 9.92. The third kappa shape index (κ3) is 34.3. The number of urea groups is 1. The number of likely N-dealkylation sites (N-methyl/N-ethyl adjacent to an activating group) is 1. The number of carbonyl (C=O) groups excluding carboxylic acids is 11. The van der Waals surface area contributed by atoms with Gasteiger partial charge in [-0.05, 0) is 93.6 Å². The first-order chi connectivity index (χ1) is 54.8. The number of nitrogens with one attached hydrogen (secondary N) is 10. The van der Waals surface area contributed by atoms with Gasteiger partial charge in [0.1, 0.15) is 65.4 Å². The van der Waals surface area contributed by atoms with Crippen LogP contribution in [0.15, 0.2) is 60.0 Å². The molecule has 640 valence electrons. The number of aromatic hydroxyl groups is 1. The number of carboxylic acid groups (broad SMARTS) is 6. The number of hydrogen-bond donors (Lipinski definition) is 18. The molecule has 1 saturated heterocycles. The quantitative estimate of drug-likeness (QED) is 0.00953. The van der Waals surface area contributed by atoms with Gasteiger partial charge in [-0.1, -0.05) is 118 Å². The molecule has 1 aromatic heterocycles. The predicted molar refractivity (Wildman–Crippen MR) is 415 cm³/mol. The van der Waals surface area contributed by atoms with Crippen molar-refractivity contribution >= 4 is 134 Å². The zero-order valence-corrected chi connectivity index (χ0v) is 67.3. The van der Waals surface area contributed by atoms with Crippen LogP contribution in [0.3, 0.4) is 0 Å². The number of aliphatic hydroxyl groups excluding tert-OH is 1. The van der Waals surface area contributed by atoms with Crippen molar-refractivity contribution in [1.82, 2.24) is 68.2 Å². The first-order valence-corrected chi connectivity index (χ1v) is 40.5. The zero-order chi connectivity index (χ0) is 86.5. The molecule has 43 heteroatoms. The summed E-state index contributed by atoms with van der Waals surface area (Å²) < 4.78 is 10.8. The first-order valence-electron chi connectivity index (χ1n) is 37.1. The molecule has 2 heterocycles. The number of rotatable bonds is 50. The summed E-state index contributed by atoms with van der Waals surface area (Å²) in [5.74, 6) is -20.5. The first kappa shape index (κ1) is 97.4. The number of aliphatic hydroxyl groups is 1. The van der Waals surface area contributed by atoms with Gasteiger partial charge in [0.05, 0.1) is 12.5 Å². The Kier molecular flexibility index (Phi) is 41.8. The summed E-state index contributed by atoms with van der Waals surface area (Å²) in [7, 11) is 3.74. The minimum atomic E-state index is -2.60. The molecular weight excluding hydrogens is 1590 g/mol. The molecule has 1 unspecified atom stereocenters. The molecule has 0 aliphatic carbocycles. The maximum atomic E-state index is 14.8. The van der Waals surface area contributed by atoms with E-state index in [-0.39, 0.29) is 84.4 Å². The summed E-state index contributed by atoms with van der Waals surface area (Å²) >= 11 is 0.980. The van der Waals surface area contributed by atoms with E-state index in [1.165, 1.54) is 41.5 Å². The van der Waals surface area contributed by atoms with E-state index < -0.39 is 207 Å². The number of nitrogens with zero attached hydrogens (tertiary/aromatic N) is 3. The van der Waals surface area contributed by atoms with Crippen LogP contribution < -0.4 is 53.4 Å². The smallest absolute Gasteiger partial charge is 0.426 e.